The molecule has 0 aliphatic rings. The minimum Gasteiger partial charge on any atom is -0.179 e. The van der Waals surface area contributed by atoms with Gasteiger partial charge in [-0.25, -0.2) is 0 Å². The van der Waals surface area contributed by atoms with Crippen LogP contribution in [-0.2, 0) is 6.42 Å². The van der Waals surface area contributed by atoms with E-state index in [1.54, 1.807) is 0 Å². The monoisotopic (exact) mass is 304 g/mol. The SMILES string of the molecule is SCCCc1ccc(-c2ccc(-c3ccccc3)cc2)cc1. The molecule has 0 atom stereocenters. The molecule has 3 aromatic rings. The Morgan fingerprint density at radius 2 is 1.00 bits per heavy atom. The third-order valence-corrected chi connectivity index (χ3v) is 4.22. The van der Waals surface area contributed by atoms with Crippen LogP contribution in [0.3, 0.4) is 0 Å². The average molecular weight is 304 g/mol. The van der Waals surface area contributed by atoms with Crippen molar-refractivity contribution in [2.45, 2.75) is 12.8 Å². The molecule has 3 rings (SSSR count). The van der Waals surface area contributed by atoms with E-state index in [2.05, 4.69) is 85.4 Å². The van der Waals surface area contributed by atoms with E-state index >= 15 is 0 Å². The van der Waals surface area contributed by atoms with E-state index in [1.165, 1.54) is 27.8 Å². The number of rotatable bonds is 5. The van der Waals surface area contributed by atoms with Gasteiger partial charge in [0.2, 0.25) is 0 Å². The number of benzene rings is 3. The highest BCUT2D eigenvalue weighted by Gasteiger charge is 2.00. The first-order valence-electron chi connectivity index (χ1n) is 7.72. The molecule has 0 saturated heterocycles. The summed E-state index contributed by atoms with van der Waals surface area (Å²) in [6.07, 6.45) is 2.24. The molecule has 0 aromatic heterocycles. The summed E-state index contributed by atoms with van der Waals surface area (Å²) >= 11 is 4.27. The fourth-order valence-corrected chi connectivity index (χ4v) is 2.79. The first kappa shape index (κ1) is 14.9. The minimum atomic E-state index is 0.947. The van der Waals surface area contributed by atoms with Crippen LogP contribution in [0.5, 0.6) is 0 Å². The summed E-state index contributed by atoms with van der Waals surface area (Å²) in [4.78, 5) is 0. The maximum Gasteiger partial charge on any atom is -0.00947 e. The molecule has 0 aliphatic heterocycles. The predicted octanol–water partition coefficient (Wildman–Crippen LogP) is 5.88. The van der Waals surface area contributed by atoms with Crippen LogP contribution in [0.15, 0.2) is 78.9 Å². The molecule has 0 aliphatic carbocycles. The molecule has 0 spiro atoms. The molecule has 3 aromatic carbocycles. The minimum absolute atomic E-state index is 0.947. The van der Waals surface area contributed by atoms with E-state index in [0.717, 1.165) is 18.6 Å². The molecule has 1 heteroatoms. The summed E-state index contributed by atoms with van der Waals surface area (Å²) < 4.78 is 0. The first-order chi connectivity index (χ1) is 10.9. The maximum absolute atomic E-state index is 4.27. The van der Waals surface area contributed by atoms with Crippen molar-refractivity contribution in [2.75, 3.05) is 5.75 Å². The molecule has 0 N–H and O–H groups in total. The van der Waals surface area contributed by atoms with Crippen molar-refractivity contribution in [3.05, 3.63) is 84.4 Å². The fourth-order valence-electron chi connectivity index (χ4n) is 2.63. The average Bonchev–Trinajstić information content (AvgIpc) is 2.61. The van der Waals surface area contributed by atoms with Crippen molar-refractivity contribution in [3.8, 4) is 22.3 Å². The number of aryl methyl sites for hydroxylation is 1. The molecule has 0 unspecified atom stereocenters. The van der Waals surface area contributed by atoms with Gasteiger partial charge >= 0.3 is 0 Å². The highest BCUT2D eigenvalue weighted by Crippen LogP contribution is 2.25. The second-order valence-corrected chi connectivity index (χ2v) is 5.91. The highest BCUT2D eigenvalue weighted by molar-refractivity contribution is 7.80. The van der Waals surface area contributed by atoms with Crippen LogP contribution in [0.25, 0.3) is 22.3 Å². The smallest absolute Gasteiger partial charge is 0.00947 e. The summed E-state index contributed by atoms with van der Waals surface area (Å²) in [5.74, 6) is 0.947. The first-order valence-corrected chi connectivity index (χ1v) is 8.36. The Morgan fingerprint density at radius 3 is 1.50 bits per heavy atom. The highest BCUT2D eigenvalue weighted by atomic mass is 32.1. The van der Waals surface area contributed by atoms with Gasteiger partial charge in [0.05, 0.1) is 0 Å². The van der Waals surface area contributed by atoms with Gasteiger partial charge in [-0.3, -0.25) is 0 Å². The van der Waals surface area contributed by atoms with E-state index in [0.29, 0.717) is 0 Å². The molecule has 0 nitrogen and oxygen atoms in total. The largest absolute Gasteiger partial charge is 0.179 e. The van der Waals surface area contributed by atoms with Crippen LogP contribution >= 0.6 is 12.6 Å². The lowest BCUT2D eigenvalue weighted by Gasteiger charge is -2.06. The van der Waals surface area contributed by atoms with Crippen molar-refractivity contribution >= 4 is 12.6 Å². The molecule has 110 valence electrons. The van der Waals surface area contributed by atoms with Crippen LogP contribution < -0.4 is 0 Å². The Bertz CT molecular complexity index is 697. The number of thiol groups is 1. The number of hydrogen-bond acceptors (Lipinski definition) is 1. The zero-order chi connectivity index (χ0) is 15.2. The lowest BCUT2D eigenvalue weighted by atomic mass is 9.99. The van der Waals surface area contributed by atoms with Crippen molar-refractivity contribution in [1.82, 2.24) is 0 Å². The Hall–Kier alpha value is -1.99. The summed E-state index contributed by atoms with van der Waals surface area (Å²) in [6.45, 7) is 0. The Labute approximate surface area is 138 Å². The van der Waals surface area contributed by atoms with E-state index < -0.39 is 0 Å². The van der Waals surface area contributed by atoms with Gasteiger partial charge in [0.15, 0.2) is 0 Å². The molecule has 0 amide bonds. The molecule has 0 bridgehead atoms. The molecule has 22 heavy (non-hydrogen) atoms. The van der Waals surface area contributed by atoms with Crippen LogP contribution in [0.1, 0.15) is 12.0 Å². The van der Waals surface area contributed by atoms with Gasteiger partial charge in [-0.1, -0.05) is 78.9 Å². The van der Waals surface area contributed by atoms with Gasteiger partial charge in [-0.2, -0.15) is 12.6 Å². The van der Waals surface area contributed by atoms with Crippen molar-refractivity contribution in [1.29, 1.82) is 0 Å². The third-order valence-electron chi connectivity index (χ3n) is 3.90. The summed E-state index contributed by atoms with van der Waals surface area (Å²) in [5, 5.41) is 0. The van der Waals surface area contributed by atoms with E-state index in [1.807, 2.05) is 6.07 Å². The summed E-state index contributed by atoms with van der Waals surface area (Å²) in [5.41, 5.74) is 6.44. The van der Waals surface area contributed by atoms with Gasteiger partial charge in [0.25, 0.3) is 0 Å². The van der Waals surface area contributed by atoms with Gasteiger partial charge < -0.3 is 0 Å². The van der Waals surface area contributed by atoms with Gasteiger partial charge in [-0.05, 0) is 46.4 Å². The van der Waals surface area contributed by atoms with Gasteiger partial charge in [0, 0.05) is 0 Å². The molecule has 0 heterocycles. The second-order valence-electron chi connectivity index (χ2n) is 5.47. The third kappa shape index (κ3) is 3.61. The topological polar surface area (TPSA) is 0 Å². The zero-order valence-corrected chi connectivity index (χ0v) is 13.5. The Morgan fingerprint density at radius 1 is 0.545 bits per heavy atom. The molecule has 0 radical (unpaired) electrons. The van der Waals surface area contributed by atoms with Gasteiger partial charge in [-0.15, -0.1) is 0 Å². The van der Waals surface area contributed by atoms with Crippen LogP contribution in [-0.4, -0.2) is 5.75 Å². The Kier molecular flexibility index (Phi) is 4.97. The fraction of sp³-hybridized carbons (Fsp3) is 0.143. The Balaban J connectivity index is 1.78. The van der Waals surface area contributed by atoms with Crippen LogP contribution in [0, 0.1) is 0 Å². The lowest BCUT2D eigenvalue weighted by molar-refractivity contribution is 0.936. The summed E-state index contributed by atoms with van der Waals surface area (Å²) in [6, 6.07) is 28.2. The standard InChI is InChI=1S/C21H20S/c22-16-4-5-17-8-10-19(11-9-17)21-14-12-20(13-15-21)18-6-2-1-3-7-18/h1-3,6-15,22H,4-5,16H2. The van der Waals surface area contributed by atoms with Crippen molar-refractivity contribution in [2.24, 2.45) is 0 Å². The maximum atomic E-state index is 4.27. The van der Waals surface area contributed by atoms with Crippen LogP contribution in [0.4, 0.5) is 0 Å². The zero-order valence-electron chi connectivity index (χ0n) is 12.6. The van der Waals surface area contributed by atoms with E-state index in [-0.39, 0.29) is 0 Å². The van der Waals surface area contributed by atoms with E-state index in [9.17, 15) is 0 Å². The molecular weight excluding hydrogens is 284 g/mol. The summed E-state index contributed by atoms with van der Waals surface area (Å²) in [7, 11) is 0. The quantitative estimate of drug-likeness (QED) is 0.559. The second kappa shape index (κ2) is 7.33. The number of hydrogen-bond donors (Lipinski definition) is 1. The van der Waals surface area contributed by atoms with Gasteiger partial charge in [0.1, 0.15) is 0 Å². The normalized spacial score (nSPS) is 10.6. The van der Waals surface area contributed by atoms with E-state index in [4.69, 9.17) is 0 Å². The molecule has 0 fully saturated rings. The predicted molar refractivity (Wildman–Crippen MR) is 99.5 cm³/mol. The van der Waals surface area contributed by atoms with Crippen LogP contribution in [0.2, 0.25) is 0 Å². The lowest BCUT2D eigenvalue weighted by Crippen LogP contribution is -1.86. The molecule has 0 saturated carbocycles. The molecular formula is C21H20S. The van der Waals surface area contributed by atoms with Crippen molar-refractivity contribution in [3.63, 3.8) is 0 Å². The van der Waals surface area contributed by atoms with Crippen molar-refractivity contribution < 1.29 is 0 Å².